The van der Waals surface area contributed by atoms with Crippen LogP contribution >= 0.6 is 11.8 Å². The van der Waals surface area contributed by atoms with E-state index >= 15 is 0 Å². The van der Waals surface area contributed by atoms with Crippen molar-refractivity contribution in [3.05, 3.63) is 66.0 Å². The molecule has 0 aliphatic heterocycles. The molecule has 1 aromatic heterocycles. The maximum absolute atomic E-state index is 11.1. The van der Waals surface area contributed by atoms with Gasteiger partial charge in [0.25, 0.3) is 0 Å². The Labute approximate surface area is 170 Å². The Kier molecular flexibility index (Phi) is 6.87. The van der Waals surface area contributed by atoms with Crippen LogP contribution in [0, 0.1) is 5.92 Å². The van der Waals surface area contributed by atoms with Crippen LogP contribution in [0.1, 0.15) is 31.7 Å². The van der Waals surface area contributed by atoms with Gasteiger partial charge in [-0.3, -0.25) is 4.79 Å². The lowest BCUT2D eigenvalue weighted by Gasteiger charge is -2.12. The number of carbonyl (C=O) groups is 1. The average Bonchev–Trinajstić information content (AvgIpc) is 3.07. The van der Waals surface area contributed by atoms with E-state index in [2.05, 4.69) is 77.1 Å². The van der Waals surface area contributed by atoms with E-state index < -0.39 is 0 Å². The molecule has 0 saturated heterocycles. The van der Waals surface area contributed by atoms with Gasteiger partial charge >= 0.3 is 0 Å². The molecular formula is C22H26N4OS. The van der Waals surface area contributed by atoms with Crippen molar-refractivity contribution in [2.24, 2.45) is 11.7 Å². The Bertz CT molecular complexity index is 904. The zero-order valence-electron chi connectivity index (χ0n) is 16.3. The molecule has 5 nitrogen and oxygen atoms in total. The topological polar surface area (TPSA) is 73.8 Å². The van der Waals surface area contributed by atoms with Gasteiger partial charge in [0.15, 0.2) is 5.16 Å². The highest BCUT2D eigenvalue weighted by Gasteiger charge is 2.14. The first-order valence-corrected chi connectivity index (χ1v) is 10.5. The molecule has 0 atom stereocenters. The normalized spacial score (nSPS) is 11.1. The lowest BCUT2D eigenvalue weighted by molar-refractivity contribution is -0.118. The number of benzene rings is 2. The van der Waals surface area contributed by atoms with E-state index in [4.69, 9.17) is 5.73 Å². The summed E-state index contributed by atoms with van der Waals surface area (Å²) in [4.78, 5) is 11.1. The standard InChI is InChI=1S/C22H26N4OS/c1-16(2)14-26-21(13-12-20(23)27)24-25-22(26)28-15-17-8-10-19(11-9-17)18-6-4-3-5-7-18/h3-11,16H,12-15H2,1-2H3,(H2,23,27). The van der Waals surface area contributed by atoms with Crippen LogP contribution in [0.3, 0.4) is 0 Å². The third-order valence-corrected chi connectivity index (χ3v) is 5.40. The van der Waals surface area contributed by atoms with Gasteiger partial charge in [-0.1, -0.05) is 80.2 Å². The van der Waals surface area contributed by atoms with E-state index in [-0.39, 0.29) is 5.91 Å². The molecular weight excluding hydrogens is 368 g/mol. The van der Waals surface area contributed by atoms with E-state index in [9.17, 15) is 4.79 Å². The van der Waals surface area contributed by atoms with E-state index in [1.807, 2.05) is 6.07 Å². The Balaban J connectivity index is 1.68. The molecule has 0 spiro atoms. The number of thioether (sulfide) groups is 1. The number of carbonyl (C=O) groups excluding carboxylic acids is 1. The first-order chi connectivity index (χ1) is 13.5. The lowest BCUT2D eigenvalue weighted by Crippen LogP contribution is -2.15. The van der Waals surface area contributed by atoms with Crippen LogP contribution < -0.4 is 5.73 Å². The lowest BCUT2D eigenvalue weighted by atomic mass is 10.0. The van der Waals surface area contributed by atoms with Crippen molar-refractivity contribution >= 4 is 17.7 Å². The van der Waals surface area contributed by atoms with Gasteiger partial charge in [0, 0.05) is 25.1 Å². The van der Waals surface area contributed by atoms with E-state index in [1.54, 1.807) is 11.8 Å². The largest absolute Gasteiger partial charge is 0.370 e. The molecule has 0 fully saturated rings. The number of hydrogen-bond acceptors (Lipinski definition) is 4. The third kappa shape index (κ3) is 5.45. The number of hydrogen-bond donors (Lipinski definition) is 1. The molecule has 1 amide bonds. The van der Waals surface area contributed by atoms with Gasteiger partial charge in [0.2, 0.25) is 5.91 Å². The second kappa shape index (κ2) is 9.55. The molecule has 6 heteroatoms. The molecule has 0 aliphatic carbocycles. The van der Waals surface area contributed by atoms with Gasteiger partial charge in [-0.05, 0) is 22.6 Å². The smallest absolute Gasteiger partial charge is 0.217 e. The fraction of sp³-hybridized carbons (Fsp3) is 0.318. The Morgan fingerprint density at radius 1 is 1.04 bits per heavy atom. The SMILES string of the molecule is CC(C)Cn1c(CCC(N)=O)nnc1SCc1ccc(-c2ccccc2)cc1. The molecule has 3 aromatic rings. The van der Waals surface area contributed by atoms with Gasteiger partial charge < -0.3 is 10.3 Å². The number of nitrogens with two attached hydrogens (primary N) is 1. The number of rotatable bonds is 9. The van der Waals surface area contributed by atoms with E-state index in [1.165, 1.54) is 16.7 Å². The third-order valence-electron chi connectivity index (χ3n) is 4.37. The molecule has 0 radical (unpaired) electrons. The number of primary amides is 1. The summed E-state index contributed by atoms with van der Waals surface area (Å²) >= 11 is 1.67. The van der Waals surface area contributed by atoms with E-state index in [0.717, 1.165) is 23.3 Å². The molecule has 3 rings (SSSR count). The molecule has 2 N–H and O–H groups in total. The Morgan fingerprint density at radius 2 is 1.71 bits per heavy atom. The minimum Gasteiger partial charge on any atom is -0.370 e. The summed E-state index contributed by atoms with van der Waals surface area (Å²) in [5, 5.41) is 9.53. The molecule has 0 bridgehead atoms. The van der Waals surface area contributed by atoms with Crippen LogP contribution in [0.5, 0.6) is 0 Å². The van der Waals surface area contributed by atoms with Crippen LogP contribution in [-0.4, -0.2) is 20.7 Å². The zero-order valence-corrected chi connectivity index (χ0v) is 17.2. The highest BCUT2D eigenvalue weighted by atomic mass is 32.2. The van der Waals surface area contributed by atoms with Crippen molar-refractivity contribution in [2.45, 2.75) is 44.1 Å². The fourth-order valence-corrected chi connectivity index (χ4v) is 3.89. The predicted molar refractivity (Wildman–Crippen MR) is 114 cm³/mol. The van der Waals surface area contributed by atoms with Crippen molar-refractivity contribution in [3.63, 3.8) is 0 Å². The fourth-order valence-electron chi connectivity index (χ4n) is 2.97. The maximum Gasteiger partial charge on any atom is 0.217 e. The predicted octanol–water partition coefficient (Wildman–Crippen LogP) is 4.31. The molecule has 0 unspecified atom stereocenters. The van der Waals surface area contributed by atoms with Gasteiger partial charge in [0.1, 0.15) is 5.82 Å². The van der Waals surface area contributed by atoms with Gasteiger partial charge in [-0.2, -0.15) is 0 Å². The summed E-state index contributed by atoms with van der Waals surface area (Å²) in [6.45, 7) is 5.15. The summed E-state index contributed by atoms with van der Waals surface area (Å²) < 4.78 is 2.12. The summed E-state index contributed by atoms with van der Waals surface area (Å²) in [7, 11) is 0. The van der Waals surface area contributed by atoms with Crippen LogP contribution in [0.4, 0.5) is 0 Å². The van der Waals surface area contributed by atoms with E-state index in [0.29, 0.717) is 18.8 Å². The van der Waals surface area contributed by atoms with Crippen molar-refractivity contribution in [3.8, 4) is 11.1 Å². The summed E-state index contributed by atoms with van der Waals surface area (Å²) in [5.41, 5.74) is 8.96. The van der Waals surface area contributed by atoms with Gasteiger partial charge in [-0.25, -0.2) is 0 Å². The van der Waals surface area contributed by atoms with Crippen LogP contribution in [0.25, 0.3) is 11.1 Å². The second-order valence-electron chi connectivity index (χ2n) is 7.22. The second-order valence-corrected chi connectivity index (χ2v) is 8.16. The zero-order chi connectivity index (χ0) is 19.9. The minimum absolute atomic E-state index is 0.293. The highest BCUT2D eigenvalue weighted by molar-refractivity contribution is 7.98. The molecule has 146 valence electrons. The number of nitrogens with zero attached hydrogens (tertiary/aromatic N) is 3. The summed E-state index contributed by atoms with van der Waals surface area (Å²) in [5.74, 6) is 1.80. The molecule has 2 aromatic carbocycles. The Hall–Kier alpha value is -2.60. The summed E-state index contributed by atoms with van der Waals surface area (Å²) in [6, 6.07) is 19.0. The highest BCUT2D eigenvalue weighted by Crippen LogP contribution is 2.25. The quantitative estimate of drug-likeness (QED) is 0.549. The molecule has 28 heavy (non-hydrogen) atoms. The monoisotopic (exact) mass is 394 g/mol. The first kappa shape index (κ1) is 20.1. The first-order valence-electron chi connectivity index (χ1n) is 9.50. The van der Waals surface area contributed by atoms with Crippen LogP contribution in [0.15, 0.2) is 59.8 Å². The molecule has 1 heterocycles. The van der Waals surface area contributed by atoms with Crippen molar-refractivity contribution in [1.82, 2.24) is 14.8 Å². The molecule has 0 saturated carbocycles. The maximum atomic E-state index is 11.1. The van der Waals surface area contributed by atoms with Crippen molar-refractivity contribution in [2.75, 3.05) is 0 Å². The van der Waals surface area contributed by atoms with Crippen LogP contribution in [-0.2, 0) is 23.5 Å². The van der Waals surface area contributed by atoms with Crippen molar-refractivity contribution < 1.29 is 4.79 Å². The Morgan fingerprint density at radius 3 is 2.36 bits per heavy atom. The van der Waals surface area contributed by atoms with Gasteiger partial charge in [-0.15, -0.1) is 10.2 Å². The van der Waals surface area contributed by atoms with Crippen LogP contribution in [0.2, 0.25) is 0 Å². The van der Waals surface area contributed by atoms with Gasteiger partial charge in [0.05, 0.1) is 0 Å². The molecule has 0 aliphatic rings. The minimum atomic E-state index is -0.313. The number of amides is 1. The van der Waals surface area contributed by atoms with Crippen molar-refractivity contribution in [1.29, 1.82) is 0 Å². The summed E-state index contributed by atoms with van der Waals surface area (Å²) in [6.07, 6.45) is 0.823. The number of aryl methyl sites for hydroxylation is 1. The average molecular weight is 395 g/mol. The number of aromatic nitrogens is 3.